The van der Waals surface area contributed by atoms with E-state index in [1.54, 1.807) is 0 Å². The molecule has 0 radical (unpaired) electrons. The number of aromatic nitrogens is 1. The predicted molar refractivity (Wildman–Crippen MR) is 57.5 cm³/mol. The van der Waals surface area contributed by atoms with Crippen molar-refractivity contribution in [1.29, 1.82) is 0 Å². The summed E-state index contributed by atoms with van der Waals surface area (Å²) in [6.45, 7) is 0. The van der Waals surface area contributed by atoms with E-state index in [-0.39, 0.29) is 11.1 Å². The maximum atomic E-state index is 12.7. The van der Waals surface area contributed by atoms with Gasteiger partial charge in [0.1, 0.15) is 0 Å². The van der Waals surface area contributed by atoms with Crippen LogP contribution in [-0.4, -0.2) is 4.98 Å². The number of rotatable bonds is 1. The van der Waals surface area contributed by atoms with Crippen LogP contribution in [0.3, 0.4) is 0 Å². The topological polar surface area (TPSA) is 32.9 Å². The number of hydrogen-bond acceptors (Lipinski definition) is 1. The first-order valence-corrected chi connectivity index (χ1v) is 4.84. The summed E-state index contributed by atoms with van der Waals surface area (Å²) < 4.78 is 38.2. The zero-order valence-electron chi connectivity index (χ0n) is 8.58. The molecular weight excluding hydrogens is 231 g/mol. The normalized spacial score (nSPS) is 11.5. The fourth-order valence-electron chi connectivity index (χ4n) is 1.56. The smallest absolute Gasteiger partial charge is 0.328 e. The maximum absolute atomic E-state index is 12.7. The van der Waals surface area contributed by atoms with Crippen LogP contribution in [0.1, 0.15) is 5.56 Å². The lowest BCUT2D eigenvalue weighted by Gasteiger charge is -2.12. The molecule has 0 amide bonds. The molecule has 0 spiro atoms. The van der Waals surface area contributed by atoms with Gasteiger partial charge in [0.05, 0.1) is 5.56 Å². The van der Waals surface area contributed by atoms with Crippen molar-refractivity contribution in [1.82, 2.24) is 4.98 Å². The van der Waals surface area contributed by atoms with Crippen LogP contribution < -0.4 is 5.56 Å². The average molecular weight is 239 g/mol. The fraction of sp³-hybridized carbons (Fsp3) is 0.0833. The van der Waals surface area contributed by atoms with E-state index in [0.29, 0.717) is 5.56 Å². The third-order valence-electron chi connectivity index (χ3n) is 2.33. The molecule has 17 heavy (non-hydrogen) atoms. The Labute approximate surface area is 94.7 Å². The summed E-state index contributed by atoms with van der Waals surface area (Å²) in [5.74, 6) is 0. The molecule has 2 aromatic rings. The van der Waals surface area contributed by atoms with E-state index in [1.165, 1.54) is 36.5 Å². The molecule has 5 heteroatoms. The Balaban J connectivity index is 2.60. The number of benzene rings is 1. The van der Waals surface area contributed by atoms with Crippen LogP contribution in [0.2, 0.25) is 0 Å². The summed E-state index contributed by atoms with van der Waals surface area (Å²) in [5.41, 5.74) is -0.681. The second-order valence-electron chi connectivity index (χ2n) is 3.48. The zero-order chi connectivity index (χ0) is 12.5. The average Bonchev–Trinajstić information content (AvgIpc) is 2.29. The van der Waals surface area contributed by atoms with Gasteiger partial charge in [0.15, 0.2) is 0 Å². The van der Waals surface area contributed by atoms with Crippen LogP contribution in [0.5, 0.6) is 0 Å². The van der Waals surface area contributed by atoms with E-state index in [4.69, 9.17) is 0 Å². The summed E-state index contributed by atoms with van der Waals surface area (Å²) in [6.07, 6.45) is -3.14. The predicted octanol–water partition coefficient (Wildman–Crippen LogP) is 3.06. The van der Waals surface area contributed by atoms with E-state index in [1.807, 2.05) is 0 Å². The molecule has 0 saturated heterocycles. The maximum Gasteiger partial charge on any atom is 0.417 e. The molecule has 0 saturated carbocycles. The summed E-state index contributed by atoms with van der Waals surface area (Å²) in [5, 5.41) is 0. The van der Waals surface area contributed by atoms with Gasteiger partial charge in [-0.25, -0.2) is 0 Å². The summed E-state index contributed by atoms with van der Waals surface area (Å²) >= 11 is 0. The second-order valence-corrected chi connectivity index (χ2v) is 3.48. The van der Waals surface area contributed by atoms with E-state index >= 15 is 0 Å². The Morgan fingerprint density at radius 2 is 1.71 bits per heavy atom. The summed E-state index contributed by atoms with van der Waals surface area (Å²) in [6, 6.07) is 7.80. The van der Waals surface area contributed by atoms with Crippen molar-refractivity contribution < 1.29 is 13.2 Å². The van der Waals surface area contributed by atoms with Crippen LogP contribution in [0.25, 0.3) is 11.1 Å². The number of aromatic amines is 1. The van der Waals surface area contributed by atoms with E-state index in [9.17, 15) is 18.0 Å². The van der Waals surface area contributed by atoms with Crippen LogP contribution in [-0.2, 0) is 6.18 Å². The standard InChI is InChI=1S/C12H8F3NO/c13-12(14,15)10-4-2-1-3-9(10)8-5-6-11(17)16-7-8/h1-7H,(H,16,17). The van der Waals surface area contributed by atoms with Gasteiger partial charge >= 0.3 is 6.18 Å². The van der Waals surface area contributed by atoms with Gasteiger partial charge in [0.25, 0.3) is 0 Å². The Bertz CT molecular complexity index is 566. The number of halogens is 3. The van der Waals surface area contributed by atoms with Gasteiger partial charge < -0.3 is 4.98 Å². The number of pyridine rings is 1. The molecule has 0 aliphatic carbocycles. The van der Waals surface area contributed by atoms with Crippen molar-refractivity contribution in [2.75, 3.05) is 0 Å². The van der Waals surface area contributed by atoms with Gasteiger partial charge in [0.2, 0.25) is 5.56 Å². The van der Waals surface area contributed by atoms with E-state index < -0.39 is 11.7 Å². The molecule has 88 valence electrons. The highest BCUT2D eigenvalue weighted by Gasteiger charge is 2.33. The lowest BCUT2D eigenvalue weighted by molar-refractivity contribution is -0.137. The number of nitrogens with one attached hydrogen (secondary N) is 1. The van der Waals surface area contributed by atoms with Crippen molar-refractivity contribution in [2.45, 2.75) is 6.18 Å². The van der Waals surface area contributed by atoms with Crippen molar-refractivity contribution in [3.05, 3.63) is 58.5 Å². The molecule has 0 fully saturated rings. The van der Waals surface area contributed by atoms with Crippen molar-refractivity contribution in [3.63, 3.8) is 0 Å². The molecule has 0 atom stereocenters. The molecule has 0 unspecified atom stereocenters. The number of alkyl halides is 3. The van der Waals surface area contributed by atoms with E-state index in [0.717, 1.165) is 6.07 Å². The number of hydrogen-bond donors (Lipinski definition) is 1. The van der Waals surface area contributed by atoms with Crippen molar-refractivity contribution in [3.8, 4) is 11.1 Å². The summed E-state index contributed by atoms with van der Waals surface area (Å²) in [7, 11) is 0. The highest BCUT2D eigenvalue weighted by molar-refractivity contribution is 5.67. The minimum Gasteiger partial charge on any atom is -0.328 e. The van der Waals surface area contributed by atoms with Gasteiger partial charge in [0, 0.05) is 12.3 Å². The van der Waals surface area contributed by atoms with Gasteiger partial charge in [-0.3, -0.25) is 4.79 Å². The van der Waals surface area contributed by atoms with Crippen LogP contribution >= 0.6 is 0 Å². The largest absolute Gasteiger partial charge is 0.417 e. The highest BCUT2D eigenvalue weighted by atomic mass is 19.4. The second kappa shape index (κ2) is 4.08. The monoisotopic (exact) mass is 239 g/mol. The third-order valence-corrected chi connectivity index (χ3v) is 2.33. The van der Waals surface area contributed by atoms with E-state index in [2.05, 4.69) is 4.98 Å². The molecule has 1 N–H and O–H groups in total. The minimum absolute atomic E-state index is 0.0521. The molecule has 1 aromatic heterocycles. The Kier molecular flexibility index (Phi) is 2.75. The molecule has 0 aliphatic heterocycles. The van der Waals surface area contributed by atoms with Gasteiger partial charge in [-0.2, -0.15) is 13.2 Å². The summed E-state index contributed by atoms with van der Waals surface area (Å²) in [4.78, 5) is 13.2. The Morgan fingerprint density at radius 3 is 2.29 bits per heavy atom. The first-order valence-electron chi connectivity index (χ1n) is 4.84. The minimum atomic E-state index is -4.41. The fourth-order valence-corrected chi connectivity index (χ4v) is 1.56. The molecular formula is C12H8F3NO. The third kappa shape index (κ3) is 2.38. The molecule has 0 bridgehead atoms. The molecule has 2 rings (SSSR count). The Morgan fingerprint density at radius 1 is 1.00 bits per heavy atom. The van der Waals surface area contributed by atoms with Crippen molar-refractivity contribution in [2.24, 2.45) is 0 Å². The first-order chi connectivity index (χ1) is 7.98. The van der Waals surface area contributed by atoms with Gasteiger partial charge in [-0.15, -0.1) is 0 Å². The lowest BCUT2D eigenvalue weighted by atomic mass is 10.0. The molecule has 1 aromatic carbocycles. The first kappa shape index (κ1) is 11.4. The van der Waals surface area contributed by atoms with Crippen molar-refractivity contribution >= 4 is 0 Å². The van der Waals surface area contributed by atoms with Crippen LogP contribution in [0.15, 0.2) is 47.4 Å². The highest BCUT2D eigenvalue weighted by Crippen LogP contribution is 2.36. The molecule has 1 heterocycles. The zero-order valence-corrected chi connectivity index (χ0v) is 8.58. The van der Waals surface area contributed by atoms with Crippen LogP contribution in [0, 0.1) is 0 Å². The molecule has 2 nitrogen and oxygen atoms in total. The molecule has 0 aliphatic rings. The number of H-pyrrole nitrogens is 1. The SMILES string of the molecule is O=c1ccc(-c2ccccc2C(F)(F)F)c[nH]1. The Hall–Kier alpha value is -2.04. The quantitative estimate of drug-likeness (QED) is 0.815. The van der Waals surface area contributed by atoms with Gasteiger partial charge in [-0.05, 0) is 23.3 Å². The van der Waals surface area contributed by atoms with Gasteiger partial charge in [-0.1, -0.05) is 18.2 Å². The lowest BCUT2D eigenvalue weighted by Crippen LogP contribution is -2.08. The van der Waals surface area contributed by atoms with Crippen LogP contribution in [0.4, 0.5) is 13.2 Å².